The van der Waals surface area contributed by atoms with Gasteiger partial charge in [-0.1, -0.05) is 23.2 Å². The summed E-state index contributed by atoms with van der Waals surface area (Å²) in [5.74, 6) is -1.60. The van der Waals surface area contributed by atoms with E-state index >= 15 is 0 Å². The smallest absolute Gasteiger partial charge is 0.337 e. The molecule has 20 heavy (non-hydrogen) atoms. The molecule has 102 valence electrons. The van der Waals surface area contributed by atoms with Gasteiger partial charge in [0.05, 0.1) is 16.3 Å². The zero-order valence-electron chi connectivity index (χ0n) is 9.93. The number of carbonyl (C=O) groups excluding carboxylic acids is 1. The van der Waals surface area contributed by atoms with Crippen LogP contribution in [0.3, 0.4) is 0 Å². The van der Waals surface area contributed by atoms with Gasteiger partial charge in [-0.2, -0.15) is 0 Å². The van der Waals surface area contributed by atoms with Crippen LogP contribution in [0.1, 0.15) is 20.8 Å². The number of aromatic carboxylic acids is 1. The highest BCUT2D eigenvalue weighted by Gasteiger charge is 2.11. The molecule has 2 rings (SSSR count). The molecular formula is C13H8Cl2N2O3. The quantitative estimate of drug-likeness (QED) is 0.911. The zero-order chi connectivity index (χ0) is 14.7. The molecule has 0 aliphatic heterocycles. The van der Waals surface area contributed by atoms with E-state index in [1.54, 1.807) is 12.1 Å². The standard InChI is InChI=1S/C13H8Cl2N2O3/c14-8-2-4-10(9(15)5-8)17-12(18)11-3-1-7(6-16-11)13(19)20/h1-6H,(H,17,18)(H,19,20). The van der Waals surface area contributed by atoms with Crippen LogP contribution in [0.25, 0.3) is 0 Å². The lowest BCUT2D eigenvalue weighted by atomic mass is 10.2. The Labute approximate surface area is 124 Å². The highest BCUT2D eigenvalue weighted by Crippen LogP contribution is 2.25. The third-order valence-electron chi connectivity index (χ3n) is 2.42. The first kappa shape index (κ1) is 14.3. The van der Waals surface area contributed by atoms with Gasteiger partial charge in [-0.25, -0.2) is 4.79 Å². The van der Waals surface area contributed by atoms with Gasteiger partial charge in [-0.3, -0.25) is 9.78 Å². The molecule has 2 N–H and O–H groups in total. The molecule has 0 unspecified atom stereocenters. The molecule has 0 saturated heterocycles. The number of benzene rings is 1. The van der Waals surface area contributed by atoms with Gasteiger partial charge in [0.2, 0.25) is 0 Å². The van der Waals surface area contributed by atoms with Crippen molar-refractivity contribution < 1.29 is 14.7 Å². The summed E-state index contributed by atoms with van der Waals surface area (Å²) >= 11 is 11.7. The summed E-state index contributed by atoms with van der Waals surface area (Å²) in [4.78, 5) is 26.4. The van der Waals surface area contributed by atoms with Crippen molar-refractivity contribution in [2.45, 2.75) is 0 Å². The third-order valence-corrected chi connectivity index (χ3v) is 2.97. The van der Waals surface area contributed by atoms with Gasteiger partial charge in [0, 0.05) is 11.2 Å². The van der Waals surface area contributed by atoms with Crippen LogP contribution in [0.4, 0.5) is 5.69 Å². The molecule has 1 amide bonds. The molecule has 0 spiro atoms. The number of aromatic nitrogens is 1. The molecule has 0 saturated carbocycles. The Balaban J connectivity index is 2.17. The minimum atomic E-state index is -1.11. The Morgan fingerprint density at radius 3 is 2.45 bits per heavy atom. The number of halogens is 2. The van der Waals surface area contributed by atoms with Gasteiger partial charge in [-0.05, 0) is 30.3 Å². The molecule has 1 heterocycles. The minimum Gasteiger partial charge on any atom is -0.478 e. The normalized spacial score (nSPS) is 10.1. The largest absolute Gasteiger partial charge is 0.478 e. The predicted octanol–water partition coefficient (Wildman–Crippen LogP) is 3.34. The van der Waals surface area contributed by atoms with Crippen molar-refractivity contribution in [2.24, 2.45) is 0 Å². The third kappa shape index (κ3) is 3.26. The Kier molecular flexibility index (Phi) is 4.22. The lowest BCUT2D eigenvalue weighted by molar-refractivity contribution is 0.0696. The van der Waals surface area contributed by atoms with Crippen molar-refractivity contribution in [1.82, 2.24) is 4.98 Å². The lowest BCUT2D eigenvalue weighted by Crippen LogP contribution is -2.14. The zero-order valence-corrected chi connectivity index (χ0v) is 11.4. The molecule has 0 aliphatic rings. The van der Waals surface area contributed by atoms with Gasteiger partial charge in [0.15, 0.2) is 0 Å². The van der Waals surface area contributed by atoms with Crippen LogP contribution in [0.15, 0.2) is 36.5 Å². The van der Waals surface area contributed by atoms with E-state index in [1.807, 2.05) is 0 Å². The van der Waals surface area contributed by atoms with Crippen molar-refractivity contribution >= 4 is 40.8 Å². The van der Waals surface area contributed by atoms with Crippen LogP contribution in [0.2, 0.25) is 10.0 Å². The van der Waals surface area contributed by atoms with Crippen LogP contribution < -0.4 is 5.32 Å². The Bertz CT molecular complexity index is 672. The predicted molar refractivity (Wildman–Crippen MR) is 75.6 cm³/mol. The summed E-state index contributed by atoms with van der Waals surface area (Å²) in [7, 11) is 0. The summed E-state index contributed by atoms with van der Waals surface area (Å²) in [6.07, 6.45) is 1.11. The Morgan fingerprint density at radius 2 is 1.90 bits per heavy atom. The fraction of sp³-hybridized carbons (Fsp3) is 0. The summed E-state index contributed by atoms with van der Waals surface area (Å²) in [6.45, 7) is 0. The van der Waals surface area contributed by atoms with E-state index in [9.17, 15) is 9.59 Å². The molecule has 0 atom stereocenters. The summed E-state index contributed by atoms with van der Waals surface area (Å²) in [5.41, 5.74) is 0.484. The van der Waals surface area contributed by atoms with Crippen molar-refractivity contribution in [3.8, 4) is 0 Å². The number of amides is 1. The number of nitrogens with zero attached hydrogens (tertiary/aromatic N) is 1. The molecule has 0 aliphatic carbocycles. The van der Waals surface area contributed by atoms with Crippen LogP contribution >= 0.6 is 23.2 Å². The maximum Gasteiger partial charge on any atom is 0.337 e. The van der Waals surface area contributed by atoms with E-state index in [0.717, 1.165) is 6.20 Å². The summed E-state index contributed by atoms with van der Waals surface area (Å²) in [6, 6.07) is 7.27. The van der Waals surface area contributed by atoms with E-state index in [2.05, 4.69) is 10.3 Å². The fourth-order valence-corrected chi connectivity index (χ4v) is 1.89. The van der Waals surface area contributed by atoms with Gasteiger partial charge < -0.3 is 10.4 Å². The van der Waals surface area contributed by atoms with Crippen LogP contribution in [-0.4, -0.2) is 22.0 Å². The van der Waals surface area contributed by atoms with Gasteiger partial charge in [0.1, 0.15) is 5.69 Å². The fourth-order valence-electron chi connectivity index (χ4n) is 1.43. The molecular weight excluding hydrogens is 303 g/mol. The van der Waals surface area contributed by atoms with Gasteiger partial charge in [0.25, 0.3) is 5.91 Å². The topological polar surface area (TPSA) is 79.3 Å². The molecule has 5 nitrogen and oxygen atoms in total. The second kappa shape index (κ2) is 5.90. The highest BCUT2D eigenvalue weighted by molar-refractivity contribution is 6.36. The van der Waals surface area contributed by atoms with Crippen LogP contribution in [-0.2, 0) is 0 Å². The summed E-state index contributed by atoms with van der Waals surface area (Å²) < 4.78 is 0. The SMILES string of the molecule is O=C(O)c1ccc(C(=O)Nc2ccc(Cl)cc2Cl)nc1. The average Bonchev–Trinajstić information content (AvgIpc) is 2.42. The molecule has 0 radical (unpaired) electrons. The van der Waals surface area contributed by atoms with E-state index in [-0.39, 0.29) is 11.3 Å². The molecule has 7 heteroatoms. The average molecular weight is 311 g/mol. The molecule has 1 aromatic carbocycles. The van der Waals surface area contributed by atoms with E-state index < -0.39 is 11.9 Å². The van der Waals surface area contributed by atoms with E-state index in [4.69, 9.17) is 28.3 Å². The second-order valence-electron chi connectivity index (χ2n) is 3.82. The van der Waals surface area contributed by atoms with E-state index in [1.165, 1.54) is 18.2 Å². The number of rotatable bonds is 3. The van der Waals surface area contributed by atoms with Crippen molar-refractivity contribution in [3.05, 3.63) is 57.8 Å². The number of hydrogen-bond donors (Lipinski definition) is 2. The molecule has 0 bridgehead atoms. The number of pyridine rings is 1. The van der Waals surface area contributed by atoms with Crippen LogP contribution in [0, 0.1) is 0 Å². The monoisotopic (exact) mass is 310 g/mol. The number of carboxylic acid groups (broad SMARTS) is 1. The second-order valence-corrected chi connectivity index (χ2v) is 4.66. The van der Waals surface area contributed by atoms with E-state index in [0.29, 0.717) is 15.7 Å². The van der Waals surface area contributed by atoms with Crippen molar-refractivity contribution in [3.63, 3.8) is 0 Å². The molecule has 0 fully saturated rings. The van der Waals surface area contributed by atoms with Crippen LogP contribution in [0.5, 0.6) is 0 Å². The minimum absolute atomic E-state index is 0.00563. The Morgan fingerprint density at radius 1 is 1.15 bits per heavy atom. The maximum atomic E-state index is 11.9. The summed E-state index contributed by atoms with van der Waals surface area (Å²) in [5, 5.41) is 12.1. The van der Waals surface area contributed by atoms with Gasteiger partial charge in [-0.15, -0.1) is 0 Å². The van der Waals surface area contributed by atoms with Crippen molar-refractivity contribution in [2.75, 3.05) is 5.32 Å². The lowest BCUT2D eigenvalue weighted by Gasteiger charge is -2.07. The van der Waals surface area contributed by atoms with Gasteiger partial charge >= 0.3 is 5.97 Å². The first-order valence-electron chi connectivity index (χ1n) is 5.43. The number of anilines is 1. The molecule has 1 aromatic heterocycles. The Hall–Kier alpha value is -2.11. The van der Waals surface area contributed by atoms with Crippen molar-refractivity contribution in [1.29, 1.82) is 0 Å². The molecule has 2 aromatic rings. The number of hydrogen-bond acceptors (Lipinski definition) is 3. The first-order chi connectivity index (χ1) is 9.47. The highest BCUT2D eigenvalue weighted by atomic mass is 35.5. The maximum absolute atomic E-state index is 11.9. The number of carboxylic acids is 1. The number of carbonyl (C=O) groups is 2. The number of nitrogens with one attached hydrogen (secondary N) is 1. The first-order valence-corrected chi connectivity index (χ1v) is 6.18.